The first-order valence-electron chi connectivity index (χ1n) is 5.10. The molecule has 0 radical (unpaired) electrons. The molecule has 0 atom stereocenters. The van der Waals surface area contributed by atoms with Gasteiger partial charge in [0.15, 0.2) is 0 Å². The third kappa shape index (κ3) is 3.22. The Kier molecular flexibility index (Phi) is 4.37. The van der Waals surface area contributed by atoms with E-state index in [0.29, 0.717) is 27.2 Å². The Hall–Kier alpha value is -1.20. The molecule has 0 aliphatic heterocycles. The van der Waals surface area contributed by atoms with Gasteiger partial charge in [0.1, 0.15) is 17.3 Å². The quantitative estimate of drug-likeness (QED) is 0.626. The lowest BCUT2D eigenvalue weighted by molar-refractivity contribution is 0.481. The molecule has 0 aromatic heterocycles. The standard InChI is InChI=1S/C12H8Cl3FN2O/c13-8-3-6(16)1-2-11(8)19-7-4-9(14)12(18-17)10(15)5-7/h1-5,18H,17H2. The Morgan fingerprint density at radius 3 is 2.16 bits per heavy atom. The minimum Gasteiger partial charge on any atom is -0.456 e. The maximum atomic E-state index is 12.9. The van der Waals surface area contributed by atoms with Crippen molar-refractivity contribution >= 4 is 40.5 Å². The van der Waals surface area contributed by atoms with E-state index in [4.69, 9.17) is 45.4 Å². The second-order valence-corrected chi connectivity index (χ2v) is 4.80. The van der Waals surface area contributed by atoms with Crippen molar-refractivity contribution in [3.05, 3.63) is 51.2 Å². The predicted molar refractivity (Wildman–Crippen MR) is 75.8 cm³/mol. The summed E-state index contributed by atoms with van der Waals surface area (Å²) in [6, 6.07) is 6.83. The number of hydrazine groups is 1. The first-order valence-corrected chi connectivity index (χ1v) is 6.23. The fourth-order valence-electron chi connectivity index (χ4n) is 1.43. The molecule has 0 amide bonds. The number of rotatable bonds is 3. The van der Waals surface area contributed by atoms with Crippen molar-refractivity contribution in [2.24, 2.45) is 5.84 Å². The smallest absolute Gasteiger partial charge is 0.146 e. The molecule has 0 bridgehead atoms. The van der Waals surface area contributed by atoms with Crippen LogP contribution in [0, 0.1) is 5.82 Å². The van der Waals surface area contributed by atoms with E-state index in [1.54, 1.807) is 0 Å². The Labute approximate surface area is 124 Å². The minimum atomic E-state index is -0.448. The van der Waals surface area contributed by atoms with Gasteiger partial charge in [-0.2, -0.15) is 0 Å². The summed E-state index contributed by atoms with van der Waals surface area (Å²) in [4.78, 5) is 0. The highest BCUT2D eigenvalue weighted by molar-refractivity contribution is 6.39. The molecular weight excluding hydrogens is 314 g/mol. The van der Waals surface area contributed by atoms with E-state index in [-0.39, 0.29) is 5.02 Å². The van der Waals surface area contributed by atoms with Gasteiger partial charge in [0.05, 0.1) is 20.8 Å². The van der Waals surface area contributed by atoms with Crippen molar-refractivity contribution in [2.75, 3.05) is 5.43 Å². The van der Waals surface area contributed by atoms with Gasteiger partial charge in [0, 0.05) is 12.1 Å². The van der Waals surface area contributed by atoms with Crippen LogP contribution < -0.4 is 16.0 Å². The molecule has 0 saturated heterocycles. The maximum absolute atomic E-state index is 12.9. The summed E-state index contributed by atoms with van der Waals surface area (Å²) in [5, 5.41) is 0.736. The van der Waals surface area contributed by atoms with Gasteiger partial charge < -0.3 is 10.2 Å². The molecule has 0 fully saturated rings. The van der Waals surface area contributed by atoms with Crippen LogP contribution in [0.3, 0.4) is 0 Å². The molecule has 2 aromatic rings. The summed E-state index contributed by atoms with van der Waals surface area (Å²) in [6.45, 7) is 0. The average Bonchev–Trinajstić information content (AvgIpc) is 2.32. The van der Waals surface area contributed by atoms with Crippen molar-refractivity contribution in [3.8, 4) is 11.5 Å². The first-order chi connectivity index (χ1) is 9.01. The van der Waals surface area contributed by atoms with Gasteiger partial charge in [0.2, 0.25) is 0 Å². The van der Waals surface area contributed by atoms with Gasteiger partial charge in [-0.1, -0.05) is 34.8 Å². The van der Waals surface area contributed by atoms with Gasteiger partial charge in [-0.3, -0.25) is 5.84 Å². The van der Waals surface area contributed by atoms with Crippen LogP contribution in [0.15, 0.2) is 30.3 Å². The van der Waals surface area contributed by atoms with Crippen molar-refractivity contribution in [1.29, 1.82) is 0 Å². The lowest BCUT2D eigenvalue weighted by atomic mass is 10.3. The van der Waals surface area contributed by atoms with Crippen LogP contribution in [0.25, 0.3) is 0 Å². The third-order valence-corrected chi connectivity index (χ3v) is 3.17. The molecule has 3 N–H and O–H groups in total. The van der Waals surface area contributed by atoms with E-state index in [0.717, 1.165) is 6.07 Å². The van der Waals surface area contributed by atoms with Gasteiger partial charge in [-0.15, -0.1) is 0 Å². The highest BCUT2D eigenvalue weighted by Gasteiger charge is 2.10. The molecule has 0 spiro atoms. The fraction of sp³-hybridized carbons (Fsp3) is 0. The number of benzene rings is 2. The molecule has 0 heterocycles. The number of nitrogens with two attached hydrogens (primary N) is 1. The van der Waals surface area contributed by atoms with Crippen LogP contribution >= 0.6 is 34.8 Å². The normalized spacial score (nSPS) is 10.4. The van der Waals surface area contributed by atoms with E-state index in [1.807, 2.05) is 0 Å². The molecule has 19 heavy (non-hydrogen) atoms. The van der Waals surface area contributed by atoms with Gasteiger partial charge >= 0.3 is 0 Å². The molecule has 2 aromatic carbocycles. The monoisotopic (exact) mass is 320 g/mol. The molecule has 7 heteroatoms. The molecule has 2 rings (SSSR count). The second-order valence-electron chi connectivity index (χ2n) is 3.58. The number of hydrogen-bond acceptors (Lipinski definition) is 3. The maximum Gasteiger partial charge on any atom is 0.146 e. The largest absolute Gasteiger partial charge is 0.456 e. The van der Waals surface area contributed by atoms with Crippen LogP contribution in [0.1, 0.15) is 0 Å². The number of nitrogens with one attached hydrogen (secondary N) is 1. The highest BCUT2D eigenvalue weighted by atomic mass is 35.5. The van der Waals surface area contributed by atoms with Crippen molar-refractivity contribution in [2.45, 2.75) is 0 Å². The Morgan fingerprint density at radius 1 is 1.00 bits per heavy atom. The number of nitrogen functional groups attached to an aromatic ring is 1. The molecule has 0 aliphatic carbocycles. The number of hydrogen-bond donors (Lipinski definition) is 2. The molecule has 0 saturated carbocycles. The summed E-state index contributed by atoms with van der Waals surface area (Å²) in [6.07, 6.45) is 0. The lowest BCUT2D eigenvalue weighted by Gasteiger charge is -2.11. The number of halogens is 4. The van der Waals surface area contributed by atoms with Crippen LogP contribution in [0.4, 0.5) is 10.1 Å². The topological polar surface area (TPSA) is 47.3 Å². The van der Waals surface area contributed by atoms with Gasteiger partial charge in [-0.05, 0) is 18.2 Å². The summed E-state index contributed by atoms with van der Waals surface area (Å²) in [5.41, 5.74) is 2.77. The van der Waals surface area contributed by atoms with E-state index >= 15 is 0 Å². The Balaban J connectivity index is 2.33. The summed E-state index contributed by atoms with van der Waals surface area (Å²) in [5.74, 6) is 5.48. The average molecular weight is 322 g/mol. The molecule has 100 valence electrons. The van der Waals surface area contributed by atoms with Gasteiger partial charge in [-0.25, -0.2) is 4.39 Å². The van der Waals surface area contributed by atoms with E-state index in [1.165, 1.54) is 24.3 Å². The second kappa shape index (κ2) is 5.84. The minimum absolute atomic E-state index is 0.147. The van der Waals surface area contributed by atoms with Crippen molar-refractivity contribution in [1.82, 2.24) is 0 Å². The summed E-state index contributed by atoms with van der Waals surface area (Å²) >= 11 is 17.8. The lowest BCUT2D eigenvalue weighted by Crippen LogP contribution is -2.07. The number of ether oxygens (including phenoxy) is 1. The highest BCUT2D eigenvalue weighted by Crippen LogP contribution is 2.37. The molecule has 0 unspecified atom stereocenters. The van der Waals surface area contributed by atoms with Crippen molar-refractivity contribution in [3.63, 3.8) is 0 Å². The molecular formula is C12H8Cl3FN2O. The summed E-state index contributed by atoms with van der Waals surface area (Å²) < 4.78 is 18.4. The zero-order valence-electron chi connectivity index (χ0n) is 9.38. The van der Waals surface area contributed by atoms with Crippen LogP contribution in [-0.4, -0.2) is 0 Å². The zero-order chi connectivity index (χ0) is 14.0. The van der Waals surface area contributed by atoms with Crippen LogP contribution in [-0.2, 0) is 0 Å². The predicted octanol–water partition coefficient (Wildman–Crippen LogP) is 4.86. The number of anilines is 1. The third-order valence-electron chi connectivity index (χ3n) is 2.28. The van der Waals surface area contributed by atoms with Crippen molar-refractivity contribution < 1.29 is 9.13 Å². The Morgan fingerprint density at radius 2 is 1.63 bits per heavy atom. The van der Waals surface area contributed by atoms with Gasteiger partial charge in [0.25, 0.3) is 0 Å². The summed E-state index contributed by atoms with van der Waals surface area (Å²) in [7, 11) is 0. The van der Waals surface area contributed by atoms with Crippen LogP contribution in [0.5, 0.6) is 11.5 Å². The zero-order valence-corrected chi connectivity index (χ0v) is 11.7. The first kappa shape index (κ1) is 14.2. The van der Waals surface area contributed by atoms with E-state index in [2.05, 4.69) is 5.43 Å². The SMILES string of the molecule is NNc1c(Cl)cc(Oc2ccc(F)cc2Cl)cc1Cl. The molecule has 3 nitrogen and oxygen atoms in total. The fourth-order valence-corrected chi connectivity index (χ4v) is 2.21. The molecule has 0 aliphatic rings. The Bertz CT molecular complexity index is 599. The van der Waals surface area contributed by atoms with E-state index < -0.39 is 5.82 Å². The van der Waals surface area contributed by atoms with Crippen LogP contribution in [0.2, 0.25) is 15.1 Å². The van der Waals surface area contributed by atoms with E-state index in [9.17, 15) is 4.39 Å².